The maximum absolute atomic E-state index is 8.93. The van der Waals surface area contributed by atoms with E-state index in [-0.39, 0.29) is 6.61 Å². The van der Waals surface area contributed by atoms with E-state index in [1.165, 1.54) is 0 Å². The summed E-state index contributed by atoms with van der Waals surface area (Å²) in [4.78, 5) is 2.40. The number of aliphatic hydroxyl groups excluding tert-OH is 1. The molecule has 1 aromatic heterocycles. The van der Waals surface area contributed by atoms with Gasteiger partial charge in [-0.05, 0) is 26.0 Å². The standard InChI is InChI=1S/C12H20N2O2/c1-9-6-14(10(2)5-13-9)7-11-3-4-12(8-15)16-11/h3-4,9-10,13,15H,5-8H2,1-2H3/t9-,10+/m0/s1. The summed E-state index contributed by atoms with van der Waals surface area (Å²) < 4.78 is 5.51. The van der Waals surface area contributed by atoms with Gasteiger partial charge in [0.05, 0.1) is 6.54 Å². The van der Waals surface area contributed by atoms with Crippen molar-refractivity contribution in [3.8, 4) is 0 Å². The molecule has 0 aromatic carbocycles. The van der Waals surface area contributed by atoms with Crippen LogP contribution >= 0.6 is 0 Å². The molecule has 0 saturated carbocycles. The Bertz CT molecular complexity index is 338. The van der Waals surface area contributed by atoms with Gasteiger partial charge in [0.1, 0.15) is 18.1 Å². The third-order valence-electron chi connectivity index (χ3n) is 3.13. The van der Waals surface area contributed by atoms with Crippen LogP contribution in [0.4, 0.5) is 0 Å². The minimum absolute atomic E-state index is 0.0203. The number of aliphatic hydroxyl groups is 1. The van der Waals surface area contributed by atoms with E-state index < -0.39 is 0 Å². The molecule has 1 aromatic rings. The molecule has 0 unspecified atom stereocenters. The van der Waals surface area contributed by atoms with Crippen molar-refractivity contribution >= 4 is 0 Å². The normalized spacial score (nSPS) is 27.2. The molecule has 4 heteroatoms. The van der Waals surface area contributed by atoms with Crippen LogP contribution in [0.15, 0.2) is 16.5 Å². The van der Waals surface area contributed by atoms with Gasteiger partial charge in [0.2, 0.25) is 0 Å². The second-order valence-corrected chi connectivity index (χ2v) is 4.61. The highest BCUT2D eigenvalue weighted by Gasteiger charge is 2.22. The molecule has 1 saturated heterocycles. The molecule has 0 spiro atoms. The maximum atomic E-state index is 8.93. The molecule has 2 heterocycles. The molecule has 16 heavy (non-hydrogen) atoms. The molecule has 0 aliphatic carbocycles. The Labute approximate surface area is 96.2 Å². The summed E-state index contributed by atoms with van der Waals surface area (Å²) in [5.74, 6) is 1.58. The summed E-state index contributed by atoms with van der Waals surface area (Å²) in [5.41, 5.74) is 0. The first-order valence-electron chi connectivity index (χ1n) is 5.85. The van der Waals surface area contributed by atoms with Crippen molar-refractivity contribution in [2.24, 2.45) is 0 Å². The van der Waals surface area contributed by atoms with E-state index in [1.807, 2.05) is 12.1 Å². The fourth-order valence-corrected chi connectivity index (χ4v) is 2.11. The van der Waals surface area contributed by atoms with Crippen molar-refractivity contribution in [3.63, 3.8) is 0 Å². The van der Waals surface area contributed by atoms with Crippen molar-refractivity contribution < 1.29 is 9.52 Å². The molecular formula is C12H20N2O2. The molecule has 0 amide bonds. The van der Waals surface area contributed by atoms with Crippen molar-refractivity contribution in [1.82, 2.24) is 10.2 Å². The second kappa shape index (κ2) is 4.99. The van der Waals surface area contributed by atoms with Gasteiger partial charge in [-0.2, -0.15) is 0 Å². The predicted molar refractivity (Wildman–Crippen MR) is 62.0 cm³/mol. The molecule has 90 valence electrons. The summed E-state index contributed by atoms with van der Waals surface area (Å²) in [6.45, 7) is 7.28. The monoisotopic (exact) mass is 224 g/mol. The number of piperazine rings is 1. The highest BCUT2D eigenvalue weighted by atomic mass is 16.4. The Kier molecular flexibility index (Phi) is 3.63. The van der Waals surface area contributed by atoms with Crippen LogP contribution in [0, 0.1) is 0 Å². The molecule has 4 nitrogen and oxygen atoms in total. The number of nitrogens with zero attached hydrogens (tertiary/aromatic N) is 1. The molecule has 0 radical (unpaired) electrons. The van der Waals surface area contributed by atoms with Gasteiger partial charge in [-0.3, -0.25) is 4.90 Å². The van der Waals surface area contributed by atoms with Crippen LogP contribution in [0.25, 0.3) is 0 Å². The van der Waals surface area contributed by atoms with E-state index in [1.54, 1.807) is 0 Å². The molecule has 0 bridgehead atoms. The topological polar surface area (TPSA) is 48.6 Å². The second-order valence-electron chi connectivity index (χ2n) is 4.61. The van der Waals surface area contributed by atoms with Crippen molar-refractivity contribution in [3.05, 3.63) is 23.7 Å². The van der Waals surface area contributed by atoms with Gasteiger partial charge in [0.25, 0.3) is 0 Å². The van der Waals surface area contributed by atoms with Gasteiger partial charge in [-0.15, -0.1) is 0 Å². The Balaban J connectivity index is 1.97. The lowest BCUT2D eigenvalue weighted by molar-refractivity contribution is 0.127. The summed E-state index contributed by atoms with van der Waals surface area (Å²) >= 11 is 0. The highest BCUT2D eigenvalue weighted by molar-refractivity contribution is 5.06. The third kappa shape index (κ3) is 2.64. The van der Waals surface area contributed by atoms with Gasteiger partial charge >= 0.3 is 0 Å². The Morgan fingerprint density at radius 1 is 1.44 bits per heavy atom. The van der Waals surface area contributed by atoms with Crippen molar-refractivity contribution in [2.45, 2.75) is 39.1 Å². The minimum Gasteiger partial charge on any atom is -0.462 e. The molecule has 2 N–H and O–H groups in total. The van der Waals surface area contributed by atoms with Gasteiger partial charge in [0.15, 0.2) is 0 Å². The number of hydrogen-bond donors (Lipinski definition) is 2. The first-order chi connectivity index (χ1) is 7.69. The number of furan rings is 1. The fourth-order valence-electron chi connectivity index (χ4n) is 2.11. The minimum atomic E-state index is -0.0203. The zero-order valence-corrected chi connectivity index (χ0v) is 9.94. The van der Waals surface area contributed by atoms with Crippen LogP contribution in [0.2, 0.25) is 0 Å². The number of rotatable bonds is 3. The largest absolute Gasteiger partial charge is 0.462 e. The molecule has 1 aliphatic rings. The lowest BCUT2D eigenvalue weighted by atomic mass is 10.1. The van der Waals surface area contributed by atoms with Crippen molar-refractivity contribution in [2.75, 3.05) is 13.1 Å². The Morgan fingerprint density at radius 2 is 2.19 bits per heavy atom. The highest BCUT2D eigenvalue weighted by Crippen LogP contribution is 2.14. The van der Waals surface area contributed by atoms with Gasteiger partial charge < -0.3 is 14.8 Å². The average Bonchev–Trinajstić information content (AvgIpc) is 2.71. The number of hydrogen-bond acceptors (Lipinski definition) is 4. The van der Waals surface area contributed by atoms with E-state index in [4.69, 9.17) is 9.52 Å². The van der Waals surface area contributed by atoms with E-state index in [0.717, 1.165) is 25.4 Å². The lowest BCUT2D eigenvalue weighted by Crippen LogP contribution is -2.53. The van der Waals surface area contributed by atoms with Crippen LogP contribution < -0.4 is 5.32 Å². The summed E-state index contributed by atoms with van der Waals surface area (Å²) in [5, 5.41) is 12.4. The van der Waals surface area contributed by atoms with E-state index in [9.17, 15) is 0 Å². The van der Waals surface area contributed by atoms with E-state index in [2.05, 4.69) is 24.1 Å². The molecule has 1 aliphatic heterocycles. The number of nitrogens with one attached hydrogen (secondary N) is 1. The van der Waals surface area contributed by atoms with Crippen LogP contribution in [0.5, 0.6) is 0 Å². The average molecular weight is 224 g/mol. The first kappa shape index (κ1) is 11.6. The van der Waals surface area contributed by atoms with Gasteiger partial charge in [-0.25, -0.2) is 0 Å². The third-order valence-corrected chi connectivity index (χ3v) is 3.13. The Hall–Kier alpha value is -0.840. The molecule has 1 fully saturated rings. The van der Waals surface area contributed by atoms with Gasteiger partial charge in [0, 0.05) is 25.2 Å². The maximum Gasteiger partial charge on any atom is 0.129 e. The quantitative estimate of drug-likeness (QED) is 0.802. The SMILES string of the molecule is C[C@@H]1CN[C@@H](C)CN1Cc1ccc(CO)o1. The zero-order valence-electron chi connectivity index (χ0n) is 9.94. The van der Waals surface area contributed by atoms with Crippen LogP contribution in [0.3, 0.4) is 0 Å². The van der Waals surface area contributed by atoms with Crippen LogP contribution in [-0.4, -0.2) is 35.2 Å². The molecule has 2 atom stereocenters. The summed E-state index contributed by atoms with van der Waals surface area (Å²) in [7, 11) is 0. The van der Waals surface area contributed by atoms with Crippen LogP contribution in [0.1, 0.15) is 25.4 Å². The summed E-state index contributed by atoms with van der Waals surface area (Å²) in [6, 6.07) is 4.85. The smallest absolute Gasteiger partial charge is 0.129 e. The van der Waals surface area contributed by atoms with Crippen molar-refractivity contribution in [1.29, 1.82) is 0 Å². The van der Waals surface area contributed by atoms with Crippen LogP contribution in [-0.2, 0) is 13.2 Å². The Morgan fingerprint density at radius 3 is 2.88 bits per heavy atom. The zero-order chi connectivity index (χ0) is 11.5. The van der Waals surface area contributed by atoms with E-state index >= 15 is 0 Å². The first-order valence-corrected chi connectivity index (χ1v) is 5.85. The summed E-state index contributed by atoms with van der Waals surface area (Å²) in [6.07, 6.45) is 0. The van der Waals surface area contributed by atoms with E-state index in [0.29, 0.717) is 17.8 Å². The van der Waals surface area contributed by atoms with Gasteiger partial charge in [-0.1, -0.05) is 0 Å². The molecular weight excluding hydrogens is 204 g/mol. The molecule has 2 rings (SSSR count). The lowest BCUT2D eigenvalue weighted by Gasteiger charge is -2.36. The fraction of sp³-hybridized carbons (Fsp3) is 0.667. The predicted octanol–water partition coefficient (Wildman–Crippen LogP) is 0.954.